The Morgan fingerprint density at radius 3 is 2.05 bits per heavy atom. The summed E-state index contributed by atoms with van der Waals surface area (Å²) < 4.78 is 56.3. The molecule has 0 amide bonds. The number of aliphatic hydroxyl groups is 1. The molecule has 10 heteroatoms. The van der Waals surface area contributed by atoms with Crippen molar-refractivity contribution in [2.24, 2.45) is 0 Å². The summed E-state index contributed by atoms with van der Waals surface area (Å²) in [7, 11) is -3.71. The lowest BCUT2D eigenvalue weighted by atomic mass is 9.83. The first-order chi connectivity index (χ1) is 17.9. The number of imidazole rings is 1. The zero-order chi connectivity index (χ0) is 29.1. The van der Waals surface area contributed by atoms with E-state index in [1.54, 1.807) is 44.3 Å². The van der Waals surface area contributed by atoms with Gasteiger partial charge in [0.2, 0.25) is 0 Å². The maximum absolute atomic E-state index is 15.8. The second-order valence-corrected chi connectivity index (χ2v) is 13.4. The summed E-state index contributed by atoms with van der Waals surface area (Å²) in [5.74, 6) is -0.999. The van der Waals surface area contributed by atoms with Crippen LogP contribution in [0.3, 0.4) is 0 Å². The van der Waals surface area contributed by atoms with Crippen LogP contribution in [-0.4, -0.2) is 29.3 Å². The third-order valence-electron chi connectivity index (χ3n) is 6.72. The number of benzene rings is 3. The Balaban J connectivity index is 1.92. The summed E-state index contributed by atoms with van der Waals surface area (Å²) in [6.45, 7) is 8.22. The minimum Gasteiger partial charge on any atom is -0.384 e. The summed E-state index contributed by atoms with van der Waals surface area (Å²) in [5.41, 5.74) is -0.747. The Hall–Kier alpha value is -2.78. The van der Waals surface area contributed by atoms with Crippen LogP contribution in [0.1, 0.15) is 50.3 Å². The fourth-order valence-corrected chi connectivity index (χ4v) is 6.46. The van der Waals surface area contributed by atoms with E-state index in [1.807, 2.05) is 13.8 Å². The van der Waals surface area contributed by atoms with Crippen LogP contribution in [0.4, 0.5) is 8.78 Å². The van der Waals surface area contributed by atoms with Gasteiger partial charge in [-0.1, -0.05) is 35.3 Å². The van der Waals surface area contributed by atoms with Crippen LogP contribution in [0.15, 0.2) is 59.6 Å². The lowest BCUT2D eigenvalue weighted by Crippen LogP contribution is -2.25. The summed E-state index contributed by atoms with van der Waals surface area (Å²) >= 11 is 13.1. The zero-order valence-corrected chi connectivity index (χ0v) is 24.6. The molecule has 5 nitrogen and oxygen atoms in total. The molecule has 0 saturated heterocycles. The molecule has 3 aromatic carbocycles. The maximum Gasteiger partial charge on any atom is 0.175 e. The second kappa shape index (κ2) is 10.0. The van der Waals surface area contributed by atoms with Gasteiger partial charge in [0.1, 0.15) is 23.1 Å². The van der Waals surface area contributed by atoms with Crippen LogP contribution < -0.4 is 0 Å². The van der Waals surface area contributed by atoms with Crippen molar-refractivity contribution >= 4 is 33.0 Å². The molecule has 0 radical (unpaired) electrons. The number of rotatable bonds is 6. The van der Waals surface area contributed by atoms with Crippen LogP contribution in [0.25, 0.3) is 16.8 Å². The van der Waals surface area contributed by atoms with Gasteiger partial charge in [0.05, 0.1) is 21.7 Å². The number of hydrogen-bond acceptors (Lipinski definition) is 4. The molecule has 1 N–H and O–H groups in total. The van der Waals surface area contributed by atoms with Gasteiger partial charge in [-0.05, 0) is 82.1 Å². The Morgan fingerprint density at radius 2 is 1.51 bits per heavy atom. The molecule has 0 fully saturated rings. The van der Waals surface area contributed by atoms with Gasteiger partial charge >= 0.3 is 0 Å². The van der Waals surface area contributed by atoms with E-state index in [1.165, 1.54) is 35.8 Å². The Labute approximate surface area is 237 Å². The summed E-state index contributed by atoms with van der Waals surface area (Å²) in [5, 5.41) is 11.5. The Kier molecular flexibility index (Phi) is 7.49. The van der Waals surface area contributed by atoms with Crippen LogP contribution in [0.5, 0.6) is 0 Å². The number of sulfone groups is 1. The number of halogens is 4. The summed E-state index contributed by atoms with van der Waals surface area (Å²) in [6, 6.07) is 11.9. The molecule has 39 heavy (non-hydrogen) atoms. The van der Waals surface area contributed by atoms with E-state index in [0.29, 0.717) is 27.1 Å². The molecule has 4 aromatic rings. The van der Waals surface area contributed by atoms with Gasteiger partial charge in [-0.15, -0.1) is 0 Å². The van der Waals surface area contributed by atoms with E-state index in [-0.39, 0.29) is 27.3 Å². The van der Waals surface area contributed by atoms with Gasteiger partial charge in [0.15, 0.2) is 9.84 Å². The molecule has 0 aliphatic carbocycles. The van der Waals surface area contributed by atoms with Gasteiger partial charge in [0, 0.05) is 33.6 Å². The molecule has 0 bridgehead atoms. The predicted molar refractivity (Wildman–Crippen MR) is 151 cm³/mol. The second-order valence-electron chi connectivity index (χ2n) is 10.6. The van der Waals surface area contributed by atoms with E-state index in [4.69, 9.17) is 23.2 Å². The molecule has 0 unspecified atom stereocenters. The first-order valence-corrected chi connectivity index (χ1v) is 14.7. The van der Waals surface area contributed by atoms with Crippen LogP contribution in [-0.2, 0) is 20.9 Å². The molecule has 0 atom stereocenters. The molecule has 0 saturated carbocycles. The molecule has 1 heterocycles. The van der Waals surface area contributed by atoms with Gasteiger partial charge in [0.25, 0.3) is 0 Å². The SMILES string of the molecule is Cc1c(F)cc(-c2ccc(-n3cc(C(C)(C)O)nc3C(C)(C)c3c(Cl)cccc3Cl)c(F)c2)cc1S(C)(=O)=O. The van der Waals surface area contributed by atoms with Crippen molar-refractivity contribution in [2.45, 2.75) is 50.5 Å². The molecule has 4 rings (SSSR count). The van der Waals surface area contributed by atoms with Crippen molar-refractivity contribution in [1.82, 2.24) is 9.55 Å². The third kappa shape index (κ3) is 5.48. The van der Waals surface area contributed by atoms with Gasteiger partial charge in [-0.25, -0.2) is 22.2 Å². The van der Waals surface area contributed by atoms with Crippen molar-refractivity contribution in [3.63, 3.8) is 0 Å². The molecule has 0 spiro atoms. The van der Waals surface area contributed by atoms with Gasteiger partial charge in [-0.2, -0.15) is 0 Å². The van der Waals surface area contributed by atoms with Crippen molar-refractivity contribution in [1.29, 1.82) is 0 Å². The Bertz CT molecular complexity index is 1690. The highest BCUT2D eigenvalue weighted by atomic mass is 35.5. The van der Waals surface area contributed by atoms with E-state index in [9.17, 15) is 17.9 Å². The molecule has 206 valence electrons. The zero-order valence-electron chi connectivity index (χ0n) is 22.3. The summed E-state index contributed by atoms with van der Waals surface area (Å²) in [6.07, 6.45) is 2.54. The van der Waals surface area contributed by atoms with Gasteiger partial charge < -0.3 is 5.11 Å². The lowest BCUT2D eigenvalue weighted by Gasteiger charge is -2.28. The average Bonchev–Trinajstić information content (AvgIpc) is 3.26. The average molecular weight is 594 g/mol. The molecule has 1 aromatic heterocycles. The maximum atomic E-state index is 15.8. The first-order valence-electron chi connectivity index (χ1n) is 12.0. The summed E-state index contributed by atoms with van der Waals surface area (Å²) in [4.78, 5) is 4.52. The predicted octanol–water partition coefficient (Wildman–Crippen LogP) is 7.39. The lowest BCUT2D eigenvalue weighted by molar-refractivity contribution is 0.0740. The molecular formula is C29H28Cl2F2N2O3S. The van der Waals surface area contributed by atoms with Crippen LogP contribution in [0, 0.1) is 18.6 Å². The number of hydrogen-bond donors (Lipinski definition) is 1. The smallest absolute Gasteiger partial charge is 0.175 e. The monoisotopic (exact) mass is 592 g/mol. The number of aromatic nitrogens is 2. The highest BCUT2D eigenvalue weighted by Crippen LogP contribution is 2.42. The normalized spacial score (nSPS) is 12.7. The minimum absolute atomic E-state index is 0.000937. The van der Waals surface area contributed by atoms with E-state index < -0.39 is 32.5 Å². The quantitative estimate of drug-likeness (QED) is 0.253. The molecule has 0 aliphatic rings. The highest BCUT2D eigenvalue weighted by Gasteiger charge is 2.35. The van der Waals surface area contributed by atoms with E-state index >= 15 is 4.39 Å². The number of nitrogens with zero attached hydrogens (tertiary/aromatic N) is 2. The third-order valence-corrected chi connectivity index (χ3v) is 8.57. The van der Waals surface area contributed by atoms with Crippen molar-refractivity contribution in [2.75, 3.05) is 6.26 Å². The molecular weight excluding hydrogens is 565 g/mol. The first kappa shape index (κ1) is 29.2. The fourth-order valence-electron chi connectivity index (χ4n) is 4.59. The fraction of sp³-hybridized carbons (Fsp3) is 0.276. The van der Waals surface area contributed by atoms with Crippen LogP contribution >= 0.6 is 23.2 Å². The Morgan fingerprint density at radius 1 is 0.923 bits per heavy atom. The molecule has 0 aliphatic heterocycles. The minimum atomic E-state index is -3.71. The van der Waals surface area contributed by atoms with Gasteiger partial charge in [-0.3, -0.25) is 4.57 Å². The van der Waals surface area contributed by atoms with E-state index in [0.717, 1.165) is 6.26 Å². The van der Waals surface area contributed by atoms with Crippen molar-refractivity contribution < 1.29 is 22.3 Å². The van der Waals surface area contributed by atoms with Crippen LogP contribution in [0.2, 0.25) is 10.0 Å². The standard InChI is InChI=1S/C29H28Cl2F2N2O3S/c1-16-21(32)13-18(14-24(16)39(6,37)38)17-10-11-23(22(33)12-17)35-15-25(29(4,5)36)34-27(35)28(2,3)26-19(30)8-7-9-20(26)31/h7-15,36H,1-6H3. The largest absolute Gasteiger partial charge is 0.384 e. The van der Waals surface area contributed by atoms with Crippen molar-refractivity contribution in [3.05, 3.63) is 99.1 Å². The topological polar surface area (TPSA) is 72.2 Å². The van der Waals surface area contributed by atoms with Crippen molar-refractivity contribution in [3.8, 4) is 16.8 Å². The van der Waals surface area contributed by atoms with E-state index in [2.05, 4.69) is 4.98 Å². The highest BCUT2D eigenvalue weighted by molar-refractivity contribution is 7.90.